The largest absolute Gasteiger partial charge is 0.254 e. The molecule has 4 heteroatoms. The quantitative estimate of drug-likeness (QED) is 0.518. The fourth-order valence-corrected chi connectivity index (χ4v) is 2.19. The predicted molar refractivity (Wildman–Crippen MR) is 74.6 cm³/mol. The Balaban J connectivity index is 2.29. The number of fused-ring (bicyclic) bond motifs is 1. The number of hydrogen-bond acceptors (Lipinski definition) is 4. The number of hydrogen-bond donors (Lipinski definition) is 0. The highest BCUT2D eigenvalue weighted by Crippen LogP contribution is 2.25. The molecule has 0 radical (unpaired) electrons. The summed E-state index contributed by atoms with van der Waals surface area (Å²) in [4.78, 5) is 13.3. The Labute approximate surface area is 109 Å². The van der Waals surface area contributed by atoms with E-state index in [0.717, 1.165) is 27.3 Å². The lowest BCUT2D eigenvalue weighted by Gasteiger charge is -2.05. The van der Waals surface area contributed by atoms with Crippen LogP contribution in [0.1, 0.15) is 0 Å². The maximum atomic E-state index is 4.56. The van der Waals surface area contributed by atoms with Gasteiger partial charge in [-0.15, -0.1) is 0 Å². The second kappa shape index (κ2) is 4.74. The van der Waals surface area contributed by atoms with Gasteiger partial charge in [0, 0.05) is 23.3 Å². The van der Waals surface area contributed by atoms with Gasteiger partial charge in [0.25, 0.3) is 0 Å². The lowest BCUT2D eigenvalue weighted by molar-refractivity contribution is 1.00. The third kappa shape index (κ3) is 1.95. The Morgan fingerprint density at radius 1 is 1.00 bits per heavy atom. The van der Waals surface area contributed by atoms with Crippen LogP contribution < -0.4 is 0 Å². The molecule has 0 aliphatic rings. The summed E-state index contributed by atoms with van der Waals surface area (Å²) < 4.78 is 0. The van der Waals surface area contributed by atoms with Crippen molar-refractivity contribution in [2.45, 2.75) is 5.16 Å². The first kappa shape index (κ1) is 11.2. The van der Waals surface area contributed by atoms with Crippen molar-refractivity contribution in [3.8, 4) is 11.3 Å². The molecule has 18 heavy (non-hydrogen) atoms. The highest BCUT2D eigenvalue weighted by atomic mass is 32.2. The summed E-state index contributed by atoms with van der Waals surface area (Å²) in [7, 11) is 0. The summed E-state index contributed by atoms with van der Waals surface area (Å²) in [5.74, 6) is 0. The zero-order valence-corrected chi connectivity index (χ0v) is 10.7. The summed E-state index contributed by atoms with van der Waals surface area (Å²) in [6.45, 7) is 0. The van der Waals surface area contributed by atoms with Crippen LogP contribution in [0.3, 0.4) is 0 Å². The molecule has 1 aromatic carbocycles. The van der Waals surface area contributed by atoms with Gasteiger partial charge in [0.15, 0.2) is 5.16 Å². The lowest BCUT2D eigenvalue weighted by Crippen LogP contribution is -1.92. The minimum absolute atomic E-state index is 0.771. The van der Waals surface area contributed by atoms with Crippen LogP contribution in [0, 0.1) is 0 Å². The first-order valence-electron chi connectivity index (χ1n) is 5.59. The number of pyridine rings is 1. The van der Waals surface area contributed by atoms with E-state index >= 15 is 0 Å². The van der Waals surface area contributed by atoms with Gasteiger partial charge in [-0.05, 0) is 12.3 Å². The van der Waals surface area contributed by atoms with Crippen LogP contribution in [0.25, 0.3) is 22.2 Å². The molecule has 3 rings (SSSR count). The highest BCUT2D eigenvalue weighted by Gasteiger charge is 2.07. The molecule has 0 amide bonds. The summed E-state index contributed by atoms with van der Waals surface area (Å²) in [5, 5.41) is 1.79. The molecule has 0 aliphatic heterocycles. The molecule has 0 saturated carbocycles. The van der Waals surface area contributed by atoms with Gasteiger partial charge in [-0.25, -0.2) is 9.97 Å². The average Bonchev–Trinajstić information content (AvgIpc) is 2.47. The van der Waals surface area contributed by atoms with Gasteiger partial charge >= 0.3 is 0 Å². The number of aromatic nitrogens is 3. The van der Waals surface area contributed by atoms with E-state index in [-0.39, 0.29) is 0 Å². The standard InChI is InChI=1S/C14H11N3S/c1-18-14-16-9-11-7-8-15-12(13(11)17-14)10-5-3-2-4-6-10/h2-9H,1H3. The van der Waals surface area contributed by atoms with Crippen molar-refractivity contribution in [3.05, 3.63) is 48.8 Å². The Morgan fingerprint density at radius 3 is 2.61 bits per heavy atom. The zero-order valence-electron chi connectivity index (χ0n) is 9.87. The topological polar surface area (TPSA) is 38.7 Å². The summed E-state index contributed by atoms with van der Waals surface area (Å²) in [6.07, 6.45) is 5.62. The first-order chi connectivity index (χ1) is 8.88. The minimum atomic E-state index is 0.771. The van der Waals surface area contributed by atoms with Crippen LogP contribution in [0.15, 0.2) is 53.9 Å². The Bertz CT molecular complexity index is 683. The first-order valence-corrected chi connectivity index (χ1v) is 6.82. The van der Waals surface area contributed by atoms with Gasteiger partial charge in [0.1, 0.15) is 5.52 Å². The van der Waals surface area contributed by atoms with E-state index < -0.39 is 0 Å². The highest BCUT2D eigenvalue weighted by molar-refractivity contribution is 7.98. The van der Waals surface area contributed by atoms with Crippen LogP contribution in [-0.4, -0.2) is 21.2 Å². The smallest absolute Gasteiger partial charge is 0.187 e. The Hall–Kier alpha value is -1.94. The molecule has 0 atom stereocenters. The van der Waals surface area contributed by atoms with Gasteiger partial charge in [-0.1, -0.05) is 42.1 Å². The van der Waals surface area contributed by atoms with Gasteiger partial charge in [-0.3, -0.25) is 4.98 Å². The summed E-state index contributed by atoms with van der Waals surface area (Å²) >= 11 is 1.54. The van der Waals surface area contributed by atoms with Crippen molar-refractivity contribution in [2.24, 2.45) is 0 Å². The summed E-state index contributed by atoms with van der Waals surface area (Å²) in [6, 6.07) is 12.0. The normalized spacial score (nSPS) is 10.7. The van der Waals surface area contributed by atoms with E-state index in [0.29, 0.717) is 0 Å². The van der Waals surface area contributed by atoms with Crippen molar-refractivity contribution in [1.82, 2.24) is 15.0 Å². The molecule has 0 bridgehead atoms. The van der Waals surface area contributed by atoms with Crippen LogP contribution in [-0.2, 0) is 0 Å². The van der Waals surface area contributed by atoms with Crippen molar-refractivity contribution in [1.29, 1.82) is 0 Å². The van der Waals surface area contributed by atoms with Crippen LogP contribution in [0.5, 0.6) is 0 Å². The van der Waals surface area contributed by atoms with Gasteiger partial charge in [-0.2, -0.15) is 0 Å². The molecule has 0 saturated heterocycles. The third-order valence-electron chi connectivity index (χ3n) is 2.71. The Kier molecular flexibility index (Phi) is 2.94. The second-order valence-corrected chi connectivity index (χ2v) is 4.59. The molecule has 0 N–H and O–H groups in total. The number of thioether (sulfide) groups is 1. The summed E-state index contributed by atoms with van der Waals surface area (Å²) in [5.41, 5.74) is 2.89. The third-order valence-corrected chi connectivity index (χ3v) is 3.27. The molecule has 2 heterocycles. The van der Waals surface area contributed by atoms with E-state index in [1.165, 1.54) is 11.8 Å². The van der Waals surface area contributed by atoms with Gasteiger partial charge < -0.3 is 0 Å². The number of benzene rings is 1. The molecule has 2 aromatic heterocycles. The van der Waals surface area contributed by atoms with Crippen molar-refractivity contribution >= 4 is 22.7 Å². The molecule has 0 unspecified atom stereocenters. The van der Waals surface area contributed by atoms with Gasteiger partial charge in [0.05, 0.1) is 5.69 Å². The zero-order chi connectivity index (χ0) is 12.4. The van der Waals surface area contributed by atoms with E-state index in [1.807, 2.05) is 48.9 Å². The van der Waals surface area contributed by atoms with E-state index in [2.05, 4.69) is 15.0 Å². The van der Waals surface area contributed by atoms with Gasteiger partial charge in [0.2, 0.25) is 0 Å². The SMILES string of the molecule is CSc1ncc2ccnc(-c3ccccc3)c2n1. The molecule has 0 fully saturated rings. The molecule has 3 aromatic rings. The Morgan fingerprint density at radius 2 is 1.83 bits per heavy atom. The fourth-order valence-electron chi connectivity index (χ4n) is 1.85. The van der Waals surface area contributed by atoms with Crippen LogP contribution in [0.4, 0.5) is 0 Å². The monoisotopic (exact) mass is 253 g/mol. The van der Waals surface area contributed by atoms with Crippen LogP contribution >= 0.6 is 11.8 Å². The molecule has 88 valence electrons. The van der Waals surface area contributed by atoms with Crippen molar-refractivity contribution in [3.63, 3.8) is 0 Å². The average molecular weight is 253 g/mol. The molecule has 3 nitrogen and oxygen atoms in total. The molecular weight excluding hydrogens is 242 g/mol. The van der Waals surface area contributed by atoms with Crippen molar-refractivity contribution in [2.75, 3.05) is 6.26 Å². The molecule has 0 aliphatic carbocycles. The number of nitrogens with zero attached hydrogens (tertiary/aromatic N) is 3. The van der Waals surface area contributed by atoms with Crippen molar-refractivity contribution < 1.29 is 0 Å². The van der Waals surface area contributed by atoms with Crippen LogP contribution in [0.2, 0.25) is 0 Å². The lowest BCUT2D eigenvalue weighted by atomic mass is 10.1. The fraction of sp³-hybridized carbons (Fsp3) is 0.0714. The van der Waals surface area contributed by atoms with E-state index in [9.17, 15) is 0 Å². The maximum Gasteiger partial charge on any atom is 0.187 e. The minimum Gasteiger partial charge on any atom is -0.254 e. The second-order valence-electron chi connectivity index (χ2n) is 3.82. The number of rotatable bonds is 2. The van der Waals surface area contributed by atoms with E-state index in [1.54, 1.807) is 6.20 Å². The predicted octanol–water partition coefficient (Wildman–Crippen LogP) is 3.41. The maximum absolute atomic E-state index is 4.56. The molecule has 0 spiro atoms. The van der Waals surface area contributed by atoms with E-state index in [4.69, 9.17) is 0 Å². The molecular formula is C14H11N3S.